The maximum absolute atomic E-state index is 13.1. The number of para-hydroxylation sites is 1. The fraction of sp³-hybridized carbons (Fsp3) is 0.545. The van der Waals surface area contributed by atoms with E-state index in [-0.39, 0.29) is 5.91 Å². The molecule has 2 saturated heterocycles. The molecule has 6 heteroatoms. The molecule has 2 fully saturated rings. The largest absolute Gasteiger partial charge is 0.336 e. The number of carbonyl (C=O) groups excluding carboxylic acids is 1. The van der Waals surface area contributed by atoms with E-state index in [2.05, 4.69) is 28.7 Å². The molecule has 0 N–H and O–H groups in total. The number of benzene rings is 1. The van der Waals surface area contributed by atoms with Crippen LogP contribution < -0.4 is 0 Å². The van der Waals surface area contributed by atoms with Crippen LogP contribution in [0.1, 0.15) is 37.0 Å². The summed E-state index contributed by atoms with van der Waals surface area (Å²) in [7, 11) is 0. The highest BCUT2D eigenvalue weighted by Gasteiger charge is 2.28. The highest BCUT2D eigenvalue weighted by atomic mass is 16.2. The second-order valence-corrected chi connectivity index (χ2v) is 8.11. The zero-order chi connectivity index (χ0) is 19.5. The van der Waals surface area contributed by atoms with Gasteiger partial charge >= 0.3 is 0 Å². The summed E-state index contributed by atoms with van der Waals surface area (Å²) in [6.45, 7) is 10.4. The lowest BCUT2D eigenvalue weighted by atomic mass is 10.1. The van der Waals surface area contributed by atoms with E-state index in [1.165, 1.54) is 12.8 Å². The molecule has 0 aliphatic carbocycles. The van der Waals surface area contributed by atoms with Crippen LogP contribution in [0.25, 0.3) is 5.69 Å². The van der Waals surface area contributed by atoms with Gasteiger partial charge in [-0.1, -0.05) is 12.1 Å². The standard InChI is InChI=1S/C22H31N5O/c1-18-8-9-19(2)26(18)17-14-24-12-15-25(16-13-24)22(28)20-6-3-4-7-21(20)27-11-5-10-23-27/h3-7,10-11,18-19H,8-9,12-17H2,1-2H3. The number of rotatable bonds is 5. The van der Waals surface area contributed by atoms with Crippen molar-refractivity contribution in [1.29, 1.82) is 0 Å². The molecule has 4 rings (SSSR count). The van der Waals surface area contributed by atoms with E-state index in [1.807, 2.05) is 41.4 Å². The van der Waals surface area contributed by atoms with Gasteiger partial charge in [-0.2, -0.15) is 5.10 Å². The average molecular weight is 382 g/mol. The van der Waals surface area contributed by atoms with Gasteiger partial charge in [0.2, 0.25) is 0 Å². The summed E-state index contributed by atoms with van der Waals surface area (Å²) in [5.74, 6) is 0.104. The van der Waals surface area contributed by atoms with Crippen LogP contribution in [-0.2, 0) is 0 Å². The topological polar surface area (TPSA) is 44.6 Å². The number of likely N-dealkylation sites (tertiary alicyclic amines) is 1. The van der Waals surface area contributed by atoms with Gasteiger partial charge < -0.3 is 4.90 Å². The van der Waals surface area contributed by atoms with E-state index in [9.17, 15) is 4.79 Å². The molecule has 1 amide bonds. The summed E-state index contributed by atoms with van der Waals surface area (Å²) in [6.07, 6.45) is 6.25. The quantitative estimate of drug-likeness (QED) is 0.798. The van der Waals surface area contributed by atoms with Crippen molar-refractivity contribution >= 4 is 5.91 Å². The van der Waals surface area contributed by atoms with Crippen molar-refractivity contribution in [3.05, 3.63) is 48.3 Å². The molecule has 1 aromatic carbocycles. The number of hydrogen-bond donors (Lipinski definition) is 0. The number of nitrogens with zero attached hydrogens (tertiary/aromatic N) is 5. The normalized spacial score (nSPS) is 24.0. The maximum Gasteiger partial charge on any atom is 0.256 e. The van der Waals surface area contributed by atoms with Crippen molar-refractivity contribution in [2.24, 2.45) is 0 Å². The molecule has 28 heavy (non-hydrogen) atoms. The van der Waals surface area contributed by atoms with E-state index >= 15 is 0 Å². The lowest BCUT2D eigenvalue weighted by Crippen LogP contribution is -2.51. The molecule has 0 spiro atoms. The Balaban J connectivity index is 1.34. The van der Waals surface area contributed by atoms with Gasteiger partial charge in [0, 0.05) is 63.7 Å². The summed E-state index contributed by atoms with van der Waals surface area (Å²) >= 11 is 0. The van der Waals surface area contributed by atoms with Gasteiger partial charge in [0.15, 0.2) is 0 Å². The first-order valence-corrected chi connectivity index (χ1v) is 10.5. The Labute approximate surface area is 167 Å². The predicted octanol–water partition coefficient (Wildman–Crippen LogP) is 2.50. The molecule has 0 bridgehead atoms. The molecule has 2 aromatic rings. The minimum absolute atomic E-state index is 0.104. The van der Waals surface area contributed by atoms with Crippen molar-refractivity contribution in [3.63, 3.8) is 0 Å². The minimum Gasteiger partial charge on any atom is -0.336 e. The number of aromatic nitrogens is 2. The molecule has 150 valence electrons. The Morgan fingerprint density at radius 2 is 1.71 bits per heavy atom. The molecule has 2 unspecified atom stereocenters. The summed E-state index contributed by atoms with van der Waals surface area (Å²) < 4.78 is 1.77. The zero-order valence-electron chi connectivity index (χ0n) is 17.0. The molecule has 0 saturated carbocycles. The molecular weight excluding hydrogens is 350 g/mol. The van der Waals surface area contributed by atoms with Gasteiger partial charge in [-0.15, -0.1) is 0 Å². The van der Waals surface area contributed by atoms with Gasteiger partial charge in [0.05, 0.1) is 11.3 Å². The Morgan fingerprint density at radius 3 is 2.39 bits per heavy atom. The molecule has 2 aliphatic heterocycles. The van der Waals surface area contributed by atoms with Crippen LogP contribution in [-0.4, -0.2) is 81.7 Å². The molecule has 3 heterocycles. The van der Waals surface area contributed by atoms with Crippen LogP contribution in [0.4, 0.5) is 0 Å². The SMILES string of the molecule is CC1CCC(C)N1CCN1CCN(C(=O)c2ccccc2-n2cccn2)CC1. The summed E-state index contributed by atoms with van der Waals surface area (Å²) in [5.41, 5.74) is 1.57. The third-order valence-electron chi connectivity index (χ3n) is 6.35. The molecular formula is C22H31N5O. The van der Waals surface area contributed by atoms with Crippen LogP contribution in [0, 0.1) is 0 Å². The molecule has 0 radical (unpaired) electrons. The molecule has 2 atom stereocenters. The average Bonchev–Trinajstić information content (AvgIpc) is 3.37. The van der Waals surface area contributed by atoms with Crippen molar-refractivity contribution in [1.82, 2.24) is 24.5 Å². The summed E-state index contributed by atoms with van der Waals surface area (Å²) in [6, 6.07) is 11.0. The van der Waals surface area contributed by atoms with Crippen LogP contribution >= 0.6 is 0 Å². The fourth-order valence-corrected chi connectivity index (χ4v) is 4.56. The summed E-state index contributed by atoms with van der Waals surface area (Å²) in [4.78, 5) is 20.3. The van der Waals surface area contributed by atoms with Gasteiger partial charge in [0.1, 0.15) is 0 Å². The van der Waals surface area contributed by atoms with Crippen LogP contribution in [0.15, 0.2) is 42.7 Å². The zero-order valence-corrected chi connectivity index (χ0v) is 17.0. The minimum atomic E-state index is 0.104. The molecule has 6 nitrogen and oxygen atoms in total. The van der Waals surface area contributed by atoms with Crippen molar-refractivity contribution < 1.29 is 4.79 Å². The fourth-order valence-electron chi connectivity index (χ4n) is 4.56. The van der Waals surface area contributed by atoms with E-state index in [1.54, 1.807) is 10.9 Å². The van der Waals surface area contributed by atoms with Crippen LogP contribution in [0.2, 0.25) is 0 Å². The number of amides is 1. The maximum atomic E-state index is 13.1. The van der Waals surface area contributed by atoms with E-state index in [0.717, 1.165) is 50.5 Å². The first-order valence-electron chi connectivity index (χ1n) is 10.5. The Bertz CT molecular complexity index is 772. The first kappa shape index (κ1) is 19.2. The van der Waals surface area contributed by atoms with Crippen molar-refractivity contribution in [3.8, 4) is 5.69 Å². The van der Waals surface area contributed by atoms with Crippen LogP contribution in [0.3, 0.4) is 0 Å². The van der Waals surface area contributed by atoms with Gasteiger partial charge in [0.25, 0.3) is 5.91 Å². The van der Waals surface area contributed by atoms with Gasteiger partial charge in [-0.05, 0) is 44.9 Å². The van der Waals surface area contributed by atoms with Crippen molar-refractivity contribution in [2.45, 2.75) is 38.8 Å². The Kier molecular flexibility index (Phi) is 5.78. The third-order valence-corrected chi connectivity index (χ3v) is 6.35. The highest BCUT2D eigenvalue weighted by Crippen LogP contribution is 2.23. The monoisotopic (exact) mass is 381 g/mol. The number of carbonyl (C=O) groups is 1. The summed E-state index contributed by atoms with van der Waals surface area (Å²) in [5, 5.41) is 4.29. The van der Waals surface area contributed by atoms with E-state index in [4.69, 9.17) is 0 Å². The van der Waals surface area contributed by atoms with Gasteiger partial charge in [-0.25, -0.2) is 4.68 Å². The van der Waals surface area contributed by atoms with Crippen molar-refractivity contribution in [2.75, 3.05) is 39.3 Å². The predicted molar refractivity (Wildman–Crippen MR) is 111 cm³/mol. The number of piperazine rings is 1. The third kappa shape index (κ3) is 3.98. The van der Waals surface area contributed by atoms with E-state index < -0.39 is 0 Å². The van der Waals surface area contributed by atoms with Gasteiger partial charge in [-0.3, -0.25) is 14.6 Å². The number of hydrogen-bond acceptors (Lipinski definition) is 4. The lowest BCUT2D eigenvalue weighted by molar-refractivity contribution is 0.0614. The Hall–Kier alpha value is -2.18. The van der Waals surface area contributed by atoms with Crippen LogP contribution in [0.5, 0.6) is 0 Å². The lowest BCUT2D eigenvalue weighted by Gasteiger charge is -2.36. The smallest absolute Gasteiger partial charge is 0.256 e. The second-order valence-electron chi connectivity index (χ2n) is 8.11. The Morgan fingerprint density at radius 1 is 1.00 bits per heavy atom. The van der Waals surface area contributed by atoms with E-state index in [0.29, 0.717) is 12.1 Å². The highest BCUT2D eigenvalue weighted by molar-refractivity contribution is 5.97. The molecule has 2 aliphatic rings. The first-order chi connectivity index (χ1) is 13.6. The second kappa shape index (κ2) is 8.45. The molecule has 1 aromatic heterocycles.